The number of imidazole rings is 2. The Kier molecular flexibility index (Phi) is 7.63. The van der Waals surface area contributed by atoms with Gasteiger partial charge in [-0.25, -0.2) is 14.8 Å². The van der Waals surface area contributed by atoms with Crippen molar-refractivity contribution >= 4 is 34.6 Å². The van der Waals surface area contributed by atoms with E-state index in [1.807, 2.05) is 33.4 Å². The average Bonchev–Trinajstić information content (AvgIpc) is 3.50. The number of fused-ring (bicyclic) bond motifs is 3. The zero-order chi connectivity index (χ0) is 26.2. The van der Waals surface area contributed by atoms with E-state index in [2.05, 4.69) is 46.1 Å². The number of aromatic nitrogens is 5. The van der Waals surface area contributed by atoms with Crippen LogP contribution in [0, 0.1) is 5.92 Å². The fourth-order valence-electron chi connectivity index (χ4n) is 5.65. The molecule has 9 nitrogen and oxygen atoms in total. The molecule has 4 heterocycles. The summed E-state index contributed by atoms with van der Waals surface area (Å²) in [7, 11) is 3.26. The Balaban J connectivity index is 0.00000308. The van der Waals surface area contributed by atoms with Gasteiger partial charge in [-0.1, -0.05) is 43.3 Å². The number of nitrogens with zero attached hydrogens (tertiary/aromatic N) is 5. The summed E-state index contributed by atoms with van der Waals surface area (Å²) in [5.74, 6) is 1.72. The van der Waals surface area contributed by atoms with Crippen molar-refractivity contribution in [3.05, 3.63) is 82.7 Å². The predicted molar refractivity (Wildman–Crippen MR) is 154 cm³/mol. The Labute approximate surface area is 232 Å². The molecule has 39 heavy (non-hydrogen) atoms. The molecule has 2 aromatic carbocycles. The predicted octanol–water partition coefficient (Wildman–Crippen LogP) is 4.64. The molecule has 1 fully saturated rings. The van der Waals surface area contributed by atoms with Crippen molar-refractivity contribution in [3.63, 3.8) is 0 Å². The summed E-state index contributed by atoms with van der Waals surface area (Å²) in [5, 5.41) is 0. The molecule has 0 amide bonds. The van der Waals surface area contributed by atoms with Crippen LogP contribution in [0.2, 0.25) is 0 Å². The van der Waals surface area contributed by atoms with Crippen LogP contribution in [0.15, 0.2) is 65.8 Å². The summed E-state index contributed by atoms with van der Waals surface area (Å²) in [5.41, 5.74) is 5.22. The molecule has 0 bridgehead atoms. The molecule has 2 atom stereocenters. The van der Waals surface area contributed by atoms with Crippen LogP contribution in [0.5, 0.6) is 11.5 Å². The third-order valence-electron chi connectivity index (χ3n) is 7.69. The Hall–Kier alpha value is -3.82. The molecule has 204 valence electrons. The smallest absolute Gasteiger partial charge is 0.326 e. The summed E-state index contributed by atoms with van der Waals surface area (Å²) in [4.78, 5) is 28.2. The van der Waals surface area contributed by atoms with Gasteiger partial charge in [-0.2, -0.15) is 0 Å². The standard InChI is InChI=1S/C29H32N6O3.ClH/c1-19-11-12-33(15-20-7-5-4-6-8-20)17-23(19)35-27-22(32-29(35)36)14-30-28-26(27)31-18-34(28)16-21-9-10-24(37-2)25(13-21)38-3;/h4-10,13-14,18-19,23H,11-12,15-17H2,1-3H3,(H,32,36);1H/t19-,23+;/m0./s1. The van der Waals surface area contributed by atoms with Crippen molar-refractivity contribution in [2.45, 2.75) is 32.5 Å². The van der Waals surface area contributed by atoms with Crippen LogP contribution in [0.1, 0.15) is 30.5 Å². The highest BCUT2D eigenvalue weighted by molar-refractivity contribution is 5.98. The van der Waals surface area contributed by atoms with Crippen molar-refractivity contribution in [3.8, 4) is 11.5 Å². The second kappa shape index (κ2) is 11.1. The molecule has 1 aliphatic rings. The Morgan fingerprint density at radius 1 is 1.00 bits per heavy atom. The minimum absolute atomic E-state index is 0. The lowest BCUT2D eigenvalue weighted by atomic mass is 9.92. The van der Waals surface area contributed by atoms with Gasteiger partial charge in [-0.15, -0.1) is 12.4 Å². The number of hydrogen-bond donors (Lipinski definition) is 1. The number of methoxy groups -OCH3 is 2. The first-order valence-corrected chi connectivity index (χ1v) is 13.0. The number of aromatic amines is 1. The molecule has 0 saturated carbocycles. The van der Waals surface area contributed by atoms with E-state index in [0.717, 1.165) is 48.3 Å². The van der Waals surface area contributed by atoms with Crippen LogP contribution in [-0.4, -0.2) is 56.3 Å². The first kappa shape index (κ1) is 26.8. The van der Waals surface area contributed by atoms with Crippen LogP contribution in [0.3, 0.4) is 0 Å². The van der Waals surface area contributed by atoms with E-state index in [1.165, 1.54) is 5.56 Å². The lowest BCUT2D eigenvalue weighted by Crippen LogP contribution is -2.42. The van der Waals surface area contributed by atoms with E-state index in [-0.39, 0.29) is 24.1 Å². The molecular weight excluding hydrogens is 516 g/mol. The van der Waals surface area contributed by atoms with E-state index in [4.69, 9.17) is 14.5 Å². The van der Waals surface area contributed by atoms with Gasteiger partial charge in [0.25, 0.3) is 0 Å². The van der Waals surface area contributed by atoms with Crippen molar-refractivity contribution in [1.29, 1.82) is 0 Å². The van der Waals surface area contributed by atoms with E-state index in [9.17, 15) is 4.79 Å². The Bertz CT molecular complexity index is 1640. The van der Waals surface area contributed by atoms with Gasteiger partial charge in [0.05, 0.1) is 44.8 Å². The van der Waals surface area contributed by atoms with Crippen molar-refractivity contribution in [2.24, 2.45) is 5.92 Å². The molecule has 0 radical (unpaired) electrons. The van der Waals surface area contributed by atoms with Crippen molar-refractivity contribution < 1.29 is 9.47 Å². The molecule has 0 spiro atoms. The number of hydrogen-bond acceptors (Lipinski definition) is 6. The largest absolute Gasteiger partial charge is 0.493 e. The summed E-state index contributed by atoms with van der Waals surface area (Å²) >= 11 is 0. The highest BCUT2D eigenvalue weighted by atomic mass is 35.5. The number of nitrogens with one attached hydrogen (secondary N) is 1. The number of pyridine rings is 1. The van der Waals surface area contributed by atoms with E-state index in [1.54, 1.807) is 26.7 Å². The maximum Gasteiger partial charge on any atom is 0.326 e. The molecule has 6 rings (SSSR count). The van der Waals surface area contributed by atoms with Gasteiger partial charge in [0.2, 0.25) is 0 Å². The molecule has 10 heteroatoms. The van der Waals surface area contributed by atoms with Crippen molar-refractivity contribution in [1.82, 2.24) is 29.0 Å². The van der Waals surface area contributed by atoms with Gasteiger partial charge in [-0.3, -0.25) is 9.47 Å². The minimum Gasteiger partial charge on any atom is -0.493 e. The summed E-state index contributed by atoms with van der Waals surface area (Å²) in [6, 6.07) is 16.4. The number of H-pyrrole nitrogens is 1. The third-order valence-corrected chi connectivity index (χ3v) is 7.69. The van der Waals surface area contributed by atoms with Gasteiger partial charge in [0.1, 0.15) is 11.0 Å². The molecule has 0 unspecified atom stereocenters. The molecule has 1 aliphatic heterocycles. The number of rotatable bonds is 7. The fourth-order valence-corrected chi connectivity index (χ4v) is 5.65. The highest BCUT2D eigenvalue weighted by Crippen LogP contribution is 2.32. The van der Waals surface area contributed by atoms with Gasteiger partial charge in [0.15, 0.2) is 17.1 Å². The Morgan fingerprint density at radius 2 is 1.79 bits per heavy atom. The van der Waals surface area contributed by atoms with E-state index >= 15 is 0 Å². The normalized spacial score (nSPS) is 17.8. The number of likely N-dealkylation sites (tertiary alicyclic amines) is 1. The summed E-state index contributed by atoms with van der Waals surface area (Å²) in [6.45, 7) is 5.50. The number of piperidine rings is 1. The van der Waals surface area contributed by atoms with Crippen LogP contribution >= 0.6 is 12.4 Å². The van der Waals surface area contributed by atoms with Crippen LogP contribution in [0.25, 0.3) is 22.2 Å². The maximum atomic E-state index is 13.3. The monoisotopic (exact) mass is 548 g/mol. The zero-order valence-corrected chi connectivity index (χ0v) is 23.1. The summed E-state index contributed by atoms with van der Waals surface area (Å²) in [6.07, 6.45) is 4.57. The average molecular weight is 549 g/mol. The van der Waals surface area contributed by atoms with E-state index < -0.39 is 0 Å². The number of benzene rings is 2. The molecule has 3 aromatic heterocycles. The van der Waals surface area contributed by atoms with Gasteiger partial charge >= 0.3 is 5.69 Å². The first-order chi connectivity index (χ1) is 18.6. The molecule has 1 saturated heterocycles. The minimum atomic E-state index is -0.109. The number of ether oxygens (including phenoxy) is 2. The summed E-state index contributed by atoms with van der Waals surface area (Å²) < 4.78 is 14.8. The lowest BCUT2D eigenvalue weighted by molar-refractivity contribution is 0.127. The second-order valence-electron chi connectivity index (χ2n) is 10.1. The molecule has 5 aromatic rings. The van der Waals surface area contributed by atoms with Gasteiger partial charge in [-0.05, 0) is 42.1 Å². The third kappa shape index (κ3) is 4.99. The molecular formula is C29H33ClN6O3. The fraction of sp³-hybridized carbons (Fsp3) is 0.345. The number of halogens is 1. The van der Waals surface area contributed by atoms with Crippen LogP contribution < -0.4 is 15.2 Å². The highest BCUT2D eigenvalue weighted by Gasteiger charge is 2.31. The van der Waals surface area contributed by atoms with Gasteiger partial charge < -0.3 is 19.0 Å². The van der Waals surface area contributed by atoms with Crippen molar-refractivity contribution in [2.75, 3.05) is 27.3 Å². The van der Waals surface area contributed by atoms with Crippen LogP contribution in [0.4, 0.5) is 0 Å². The first-order valence-electron chi connectivity index (χ1n) is 13.0. The van der Waals surface area contributed by atoms with E-state index in [0.29, 0.717) is 29.5 Å². The second-order valence-corrected chi connectivity index (χ2v) is 10.1. The lowest BCUT2D eigenvalue weighted by Gasteiger charge is -2.37. The van der Waals surface area contributed by atoms with Crippen LogP contribution in [-0.2, 0) is 13.1 Å². The topological polar surface area (TPSA) is 90.2 Å². The Morgan fingerprint density at radius 3 is 2.56 bits per heavy atom. The maximum absolute atomic E-state index is 13.3. The molecule has 0 aliphatic carbocycles. The molecule has 1 N–H and O–H groups in total. The van der Waals surface area contributed by atoms with Gasteiger partial charge in [0, 0.05) is 13.1 Å². The zero-order valence-electron chi connectivity index (χ0n) is 22.3. The quantitative estimate of drug-likeness (QED) is 0.318. The SMILES string of the molecule is COc1ccc(Cn2cnc3c2ncc2[nH]c(=O)n([C@@H]4CN(Cc5ccccc5)CC[C@@H]4C)c23)cc1OC.Cl.